The average molecular weight is 272 g/mol. The summed E-state index contributed by atoms with van der Waals surface area (Å²) in [5.41, 5.74) is 1.92. The molecule has 1 aliphatic heterocycles. The van der Waals surface area contributed by atoms with Crippen molar-refractivity contribution in [3.8, 4) is 5.69 Å². The van der Waals surface area contributed by atoms with Crippen molar-refractivity contribution in [1.82, 2.24) is 20.3 Å². The van der Waals surface area contributed by atoms with Crippen LogP contribution in [0.3, 0.4) is 0 Å². The van der Waals surface area contributed by atoms with Crippen molar-refractivity contribution in [1.29, 1.82) is 0 Å². The molecule has 0 radical (unpaired) electrons. The maximum absolute atomic E-state index is 5.67. The number of aromatic nitrogens is 3. The first kappa shape index (κ1) is 13.3. The van der Waals surface area contributed by atoms with Crippen molar-refractivity contribution in [2.75, 3.05) is 6.61 Å². The summed E-state index contributed by atoms with van der Waals surface area (Å²) in [5, 5.41) is 12.2. The molecule has 1 fully saturated rings. The van der Waals surface area contributed by atoms with Crippen LogP contribution in [0.2, 0.25) is 0 Å². The van der Waals surface area contributed by atoms with E-state index in [9.17, 15) is 0 Å². The summed E-state index contributed by atoms with van der Waals surface area (Å²) in [5.74, 6) is 0. The van der Waals surface area contributed by atoms with Crippen molar-refractivity contribution >= 4 is 0 Å². The molecule has 0 aliphatic carbocycles. The molecule has 20 heavy (non-hydrogen) atoms. The molecule has 106 valence electrons. The third kappa shape index (κ3) is 3.05. The van der Waals surface area contributed by atoms with E-state index in [2.05, 4.69) is 22.4 Å². The van der Waals surface area contributed by atoms with E-state index >= 15 is 0 Å². The molecule has 2 aromatic rings. The zero-order chi connectivity index (χ0) is 13.8. The third-order valence-electron chi connectivity index (χ3n) is 3.65. The highest BCUT2D eigenvalue weighted by Crippen LogP contribution is 2.15. The lowest BCUT2D eigenvalue weighted by Gasteiger charge is -2.19. The van der Waals surface area contributed by atoms with E-state index < -0.39 is 0 Å². The fraction of sp³-hybridized carbons (Fsp3) is 0.467. The first-order valence-electron chi connectivity index (χ1n) is 7.14. The molecule has 1 aliphatic rings. The SMILES string of the molecule is CC(NCc1cnn(-c2ccccc2)n1)C1CCCO1. The van der Waals surface area contributed by atoms with Gasteiger partial charge in [0.1, 0.15) is 0 Å². The molecule has 5 heteroatoms. The molecule has 1 aromatic carbocycles. The van der Waals surface area contributed by atoms with Crippen molar-refractivity contribution in [2.24, 2.45) is 0 Å². The van der Waals surface area contributed by atoms with Gasteiger partial charge in [0, 0.05) is 19.2 Å². The van der Waals surface area contributed by atoms with Gasteiger partial charge in [-0.25, -0.2) is 0 Å². The van der Waals surface area contributed by atoms with Gasteiger partial charge in [-0.05, 0) is 31.9 Å². The second kappa shape index (κ2) is 6.15. The van der Waals surface area contributed by atoms with E-state index in [1.54, 1.807) is 4.80 Å². The second-order valence-corrected chi connectivity index (χ2v) is 5.18. The number of nitrogens with one attached hydrogen (secondary N) is 1. The third-order valence-corrected chi connectivity index (χ3v) is 3.65. The Balaban J connectivity index is 1.57. The largest absolute Gasteiger partial charge is 0.377 e. The predicted molar refractivity (Wildman–Crippen MR) is 76.6 cm³/mol. The lowest BCUT2D eigenvalue weighted by molar-refractivity contribution is 0.0831. The first-order valence-corrected chi connectivity index (χ1v) is 7.14. The summed E-state index contributed by atoms with van der Waals surface area (Å²) >= 11 is 0. The van der Waals surface area contributed by atoms with Crippen LogP contribution in [-0.4, -0.2) is 33.7 Å². The molecule has 0 amide bonds. The van der Waals surface area contributed by atoms with Gasteiger partial charge in [0.25, 0.3) is 0 Å². The maximum atomic E-state index is 5.67. The monoisotopic (exact) mass is 272 g/mol. The molecule has 3 rings (SSSR count). The molecule has 0 saturated carbocycles. The number of para-hydroxylation sites is 1. The molecular formula is C15H20N4O. The van der Waals surface area contributed by atoms with Gasteiger partial charge in [0.05, 0.1) is 23.7 Å². The van der Waals surface area contributed by atoms with Gasteiger partial charge in [-0.15, -0.1) is 0 Å². The second-order valence-electron chi connectivity index (χ2n) is 5.18. The van der Waals surface area contributed by atoms with Crippen LogP contribution in [0.15, 0.2) is 36.5 Å². The minimum atomic E-state index is 0.333. The van der Waals surface area contributed by atoms with Gasteiger partial charge >= 0.3 is 0 Å². The van der Waals surface area contributed by atoms with E-state index in [1.165, 1.54) is 6.42 Å². The highest BCUT2D eigenvalue weighted by atomic mass is 16.5. The maximum Gasteiger partial charge on any atom is 0.0969 e. The Hall–Kier alpha value is -1.72. The number of rotatable bonds is 5. The average Bonchev–Trinajstić information content (AvgIpc) is 3.17. The van der Waals surface area contributed by atoms with Crippen molar-refractivity contribution in [3.63, 3.8) is 0 Å². The fourth-order valence-corrected chi connectivity index (χ4v) is 2.46. The summed E-state index contributed by atoms with van der Waals surface area (Å²) in [4.78, 5) is 1.66. The Morgan fingerprint density at radius 2 is 2.25 bits per heavy atom. The zero-order valence-corrected chi connectivity index (χ0v) is 11.7. The summed E-state index contributed by atoms with van der Waals surface area (Å²) in [6.07, 6.45) is 4.45. The molecule has 2 heterocycles. The topological polar surface area (TPSA) is 52.0 Å². The molecule has 1 aromatic heterocycles. The van der Waals surface area contributed by atoms with Gasteiger partial charge < -0.3 is 10.1 Å². The Labute approximate surface area is 118 Å². The van der Waals surface area contributed by atoms with Gasteiger partial charge in [-0.3, -0.25) is 0 Å². The standard InChI is InChI=1S/C15H20N4O/c1-12(15-8-5-9-20-15)16-10-13-11-17-19(18-13)14-6-3-2-4-7-14/h2-4,6-7,11-12,15-16H,5,8-10H2,1H3. The van der Waals surface area contributed by atoms with Crippen molar-refractivity contribution in [2.45, 2.75) is 38.5 Å². The predicted octanol–water partition coefficient (Wildman–Crippen LogP) is 1.92. The number of hydrogen-bond donors (Lipinski definition) is 1. The van der Waals surface area contributed by atoms with E-state index in [1.807, 2.05) is 36.5 Å². The minimum Gasteiger partial charge on any atom is -0.377 e. The molecule has 0 spiro atoms. The van der Waals surface area contributed by atoms with Crippen LogP contribution in [0.5, 0.6) is 0 Å². The van der Waals surface area contributed by atoms with Crippen LogP contribution in [0.25, 0.3) is 5.69 Å². The van der Waals surface area contributed by atoms with Crippen LogP contribution in [-0.2, 0) is 11.3 Å². The molecular weight excluding hydrogens is 252 g/mol. The molecule has 0 bridgehead atoms. The van der Waals surface area contributed by atoms with Gasteiger partial charge in [0.2, 0.25) is 0 Å². The van der Waals surface area contributed by atoms with Crippen molar-refractivity contribution in [3.05, 3.63) is 42.2 Å². The molecule has 1 N–H and O–H groups in total. The Kier molecular flexibility index (Phi) is 4.08. The Morgan fingerprint density at radius 1 is 1.40 bits per heavy atom. The first-order chi connectivity index (χ1) is 9.83. The fourth-order valence-electron chi connectivity index (χ4n) is 2.46. The van der Waals surface area contributed by atoms with E-state index in [-0.39, 0.29) is 0 Å². The number of hydrogen-bond acceptors (Lipinski definition) is 4. The highest BCUT2D eigenvalue weighted by Gasteiger charge is 2.21. The molecule has 2 unspecified atom stereocenters. The van der Waals surface area contributed by atoms with Gasteiger partial charge in [-0.2, -0.15) is 15.0 Å². The smallest absolute Gasteiger partial charge is 0.0969 e. The van der Waals surface area contributed by atoms with Crippen LogP contribution < -0.4 is 5.32 Å². The van der Waals surface area contributed by atoms with Crippen LogP contribution in [0.1, 0.15) is 25.5 Å². The quantitative estimate of drug-likeness (QED) is 0.903. The Morgan fingerprint density at radius 3 is 3.00 bits per heavy atom. The van der Waals surface area contributed by atoms with Crippen LogP contribution >= 0.6 is 0 Å². The molecule has 1 saturated heterocycles. The van der Waals surface area contributed by atoms with Crippen LogP contribution in [0, 0.1) is 0 Å². The van der Waals surface area contributed by atoms with E-state index in [4.69, 9.17) is 4.74 Å². The van der Waals surface area contributed by atoms with E-state index in [0.29, 0.717) is 18.7 Å². The van der Waals surface area contributed by atoms with Crippen molar-refractivity contribution < 1.29 is 4.74 Å². The zero-order valence-electron chi connectivity index (χ0n) is 11.7. The minimum absolute atomic E-state index is 0.333. The summed E-state index contributed by atoms with van der Waals surface area (Å²) < 4.78 is 5.67. The van der Waals surface area contributed by atoms with E-state index in [0.717, 1.165) is 24.4 Å². The van der Waals surface area contributed by atoms with Gasteiger partial charge in [-0.1, -0.05) is 18.2 Å². The summed E-state index contributed by atoms with van der Waals surface area (Å²) in [6.45, 7) is 3.77. The normalized spacial score (nSPS) is 20.1. The Bertz CT molecular complexity index is 534. The lowest BCUT2D eigenvalue weighted by Crippen LogP contribution is -2.36. The summed E-state index contributed by atoms with van der Waals surface area (Å²) in [7, 11) is 0. The highest BCUT2D eigenvalue weighted by molar-refractivity contribution is 5.28. The molecule has 5 nitrogen and oxygen atoms in total. The van der Waals surface area contributed by atoms with Gasteiger partial charge in [0.15, 0.2) is 0 Å². The lowest BCUT2D eigenvalue weighted by atomic mass is 10.1. The van der Waals surface area contributed by atoms with Crippen LogP contribution in [0.4, 0.5) is 0 Å². The molecule has 2 atom stereocenters. The summed E-state index contributed by atoms with van der Waals surface area (Å²) in [6, 6.07) is 10.3. The number of benzene rings is 1. The number of ether oxygens (including phenoxy) is 1. The number of nitrogens with zero attached hydrogens (tertiary/aromatic N) is 3.